The Bertz CT molecular complexity index is 981. The minimum Gasteiger partial charge on any atom is -0.342 e. The summed E-state index contributed by atoms with van der Waals surface area (Å²) in [5.74, 6) is 0.977. The molecule has 0 N–H and O–H groups in total. The van der Waals surface area contributed by atoms with E-state index in [9.17, 15) is 9.59 Å². The largest absolute Gasteiger partial charge is 0.342 e. The van der Waals surface area contributed by atoms with Gasteiger partial charge in [-0.2, -0.15) is 0 Å². The predicted octanol–water partition coefficient (Wildman–Crippen LogP) is 3.65. The van der Waals surface area contributed by atoms with Crippen LogP contribution in [0.5, 0.6) is 0 Å². The van der Waals surface area contributed by atoms with Crippen LogP contribution in [0.2, 0.25) is 0 Å². The number of nitrogens with zero attached hydrogens (tertiary/aromatic N) is 4. The van der Waals surface area contributed by atoms with Gasteiger partial charge in [-0.3, -0.25) is 9.59 Å². The molecule has 2 aromatic rings. The third kappa shape index (κ3) is 3.96. The highest BCUT2D eigenvalue weighted by Gasteiger charge is 2.57. The number of benzene rings is 1. The van der Waals surface area contributed by atoms with Gasteiger partial charge in [-0.15, -0.1) is 0 Å². The summed E-state index contributed by atoms with van der Waals surface area (Å²) < 4.78 is 2.10. The Morgan fingerprint density at radius 3 is 2.69 bits per heavy atom. The first-order valence-corrected chi connectivity index (χ1v) is 12.1. The standard InChI is InChI=1S/C26H34N4O2/c1-19(2)30-16-23(27-18-30)22-15-29(24(31)13-20-7-4-3-5-8-20)17-26(22)11-6-12-28(25(26)32)14-21-9-10-21/h3-5,7-8,16,18-19,21-22H,6,9-15,17H2,1-2H3/t22-,26+/m0/s1. The van der Waals surface area contributed by atoms with Crippen molar-refractivity contribution in [2.75, 3.05) is 26.2 Å². The molecule has 0 radical (unpaired) electrons. The molecule has 3 aliphatic rings. The lowest BCUT2D eigenvalue weighted by Gasteiger charge is -2.42. The first kappa shape index (κ1) is 21.2. The molecule has 2 saturated heterocycles. The molecule has 1 spiro atoms. The molecule has 170 valence electrons. The maximum absolute atomic E-state index is 13.9. The Balaban J connectivity index is 1.44. The quantitative estimate of drug-likeness (QED) is 0.697. The van der Waals surface area contributed by atoms with Gasteiger partial charge in [-0.1, -0.05) is 30.3 Å². The third-order valence-electron chi connectivity index (χ3n) is 7.61. The monoisotopic (exact) mass is 434 g/mol. The van der Waals surface area contributed by atoms with Gasteiger partial charge in [0.25, 0.3) is 0 Å². The molecule has 6 heteroatoms. The van der Waals surface area contributed by atoms with E-state index in [4.69, 9.17) is 4.98 Å². The highest BCUT2D eigenvalue weighted by molar-refractivity contribution is 5.88. The normalized spacial score (nSPS) is 25.8. The van der Waals surface area contributed by atoms with Gasteiger partial charge in [0.05, 0.1) is 23.9 Å². The number of likely N-dealkylation sites (tertiary alicyclic amines) is 2. The highest BCUT2D eigenvalue weighted by Crippen LogP contribution is 2.49. The lowest BCUT2D eigenvalue weighted by Crippen LogP contribution is -2.53. The molecule has 1 saturated carbocycles. The molecule has 2 amide bonds. The van der Waals surface area contributed by atoms with Crippen LogP contribution in [0, 0.1) is 11.3 Å². The van der Waals surface area contributed by atoms with Crippen LogP contribution in [-0.2, 0) is 16.0 Å². The average molecular weight is 435 g/mol. The van der Waals surface area contributed by atoms with Crippen LogP contribution in [0.4, 0.5) is 0 Å². The van der Waals surface area contributed by atoms with Gasteiger partial charge in [0.15, 0.2) is 0 Å². The molecule has 6 nitrogen and oxygen atoms in total. The Morgan fingerprint density at radius 1 is 1.22 bits per heavy atom. The van der Waals surface area contributed by atoms with Gasteiger partial charge >= 0.3 is 0 Å². The van der Waals surface area contributed by atoms with Gasteiger partial charge in [0, 0.05) is 44.3 Å². The number of hydrogen-bond donors (Lipinski definition) is 0. The molecule has 1 aromatic carbocycles. The summed E-state index contributed by atoms with van der Waals surface area (Å²) in [7, 11) is 0. The van der Waals surface area contributed by atoms with E-state index >= 15 is 0 Å². The van der Waals surface area contributed by atoms with E-state index in [1.54, 1.807) is 0 Å². The number of hydrogen-bond acceptors (Lipinski definition) is 3. The molecule has 1 aromatic heterocycles. The Kier molecular flexibility index (Phi) is 5.56. The summed E-state index contributed by atoms with van der Waals surface area (Å²) in [6.07, 6.45) is 8.65. The second kappa shape index (κ2) is 8.38. The summed E-state index contributed by atoms with van der Waals surface area (Å²) in [5, 5.41) is 0. The van der Waals surface area contributed by atoms with E-state index in [1.165, 1.54) is 12.8 Å². The van der Waals surface area contributed by atoms with E-state index in [2.05, 4.69) is 29.5 Å². The lowest BCUT2D eigenvalue weighted by molar-refractivity contribution is -0.147. The molecular formula is C26H34N4O2. The molecule has 32 heavy (non-hydrogen) atoms. The minimum absolute atomic E-state index is 0.0447. The second-order valence-corrected chi connectivity index (χ2v) is 10.3. The summed E-state index contributed by atoms with van der Waals surface area (Å²) in [4.78, 5) is 36.0. The lowest BCUT2D eigenvalue weighted by atomic mass is 9.70. The molecule has 3 heterocycles. The molecule has 0 bridgehead atoms. The molecule has 3 fully saturated rings. The van der Waals surface area contributed by atoms with Crippen molar-refractivity contribution in [2.24, 2.45) is 11.3 Å². The maximum atomic E-state index is 13.9. The van der Waals surface area contributed by atoms with Gasteiger partial charge in [-0.05, 0) is 51.0 Å². The van der Waals surface area contributed by atoms with Gasteiger partial charge < -0.3 is 14.4 Å². The van der Waals surface area contributed by atoms with E-state index in [1.807, 2.05) is 41.6 Å². The number of piperidine rings is 1. The molecule has 2 aliphatic heterocycles. The summed E-state index contributed by atoms with van der Waals surface area (Å²) >= 11 is 0. The van der Waals surface area contributed by atoms with Gasteiger partial charge in [0.1, 0.15) is 0 Å². The van der Waals surface area contributed by atoms with Crippen molar-refractivity contribution in [1.82, 2.24) is 19.4 Å². The fraction of sp³-hybridized carbons (Fsp3) is 0.577. The van der Waals surface area contributed by atoms with Gasteiger partial charge in [0.2, 0.25) is 11.8 Å². The SMILES string of the molecule is CC(C)n1cnc([C@@H]2CN(C(=O)Cc3ccccc3)C[C@]23CCCN(CC2CC2)C3=O)c1. The number of imidazole rings is 1. The zero-order chi connectivity index (χ0) is 22.3. The van der Waals surface area contributed by atoms with Crippen LogP contribution in [0.3, 0.4) is 0 Å². The molecule has 5 rings (SSSR count). The average Bonchev–Trinajstić information content (AvgIpc) is 3.31. The van der Waals surface area contributed by atoms with Crippen molar-refractivity contribution < 1.29 is 9.59 Å². The summed E-state index contributed by atoms with van der Waals surface area (Å²) in [5.41, 5.74) is 1.43. The number of carbonyl (C=O) groups excluding carboxylic acids is 2. The summed E-state index contributed by atoms with van der Waals surface area (Å²) in [6.45, 7) is 7.08. The number of carbonyl (C=O) groups is 2. The Morgan fingerprint density at radius 2 is 2.00 bits per heavy atom. The first-order valence-electron chi connectivity index (χ1n) is 12.1. The summed E-state index contributed by atoms with van der Waals surface area (Å²) in [6, 6.07) is 10.2. The smallest absolute Gasteiger partial charge is 0.231 e. The third-order valence-corrected chi connectivity index (χ3v) is 7.61. The van der Waals surface area contributed by atoms with Crippen molar-refractivity contribution in [1.29, 1.82) is 0 Å². The molecule has 1 aliphatic carbocycles. The number of aromatic nitrogens is 2. The number of rotatable bonds is 6. The van der Waals surface area contributed by atoms with Crippen molar-refractivity contribution in [3.05, 3.63) is 54.1 Å². The van der Waals surface area contributed by atoms with E-state index in [-0.39, 0.29) is 17.7 Å². The van der Waals surface area contributed by atoms with Crippen LogP contribution in [0.1, 0.15) is 62.7 Å². The van der Waals surface area contributed by atoms with Crippen LogP contribution in [-0.4, -0.2) is 57.3 Å². The Labute approximate surface area is 190 Å². The van der Waals surface area contributed by atoms with Gasteiger partial charge in [-0.25, -0.2) is 4.98 Å². The van der Waals surface area contributed by atoms with E-state index in [0.717, 1.165) is 37.2 Å². The molecule has 2 atom stereocenters. The topological polar surface area (TPSA) is 58.4 Å². The van der Waals surface area contributed by atoms with Crippen LogP contribution < -0.4 is 0 Å². The van der Waals surface area contributed by atoms with Crippen molar-refractivity contribution in [3.63, 3.8) is 0 Å². The zero-order valence-electron chi connectivity index (χ0n) is 19.2. The van der Waals surface area contributed by atoms with Crippen LogP contribution in [0.15, 0.2) is 42.9 Å². The fourth-order valence-corrected chi connectivity index (χ4v) is 5.54. The van der Waals surface area contributed by atoms with E-state index in [0.29, 0.717) is 31.5 Å². The van der Waals surface area contributed by atoms with Crippen LogP contribution >= 0.6 is 0 Å². The van der Waals surface area contributed by atoms with Crippen LogP contribution in [0.25, 0.3) is 0 Å². The molecular weight excluding hydrogens is 400 g/mol. The van der Waals surface area contributed by atoms with E-state index < -0.39 is 5.41 Å². The first-order chi connectivity index (χ1) is 15.5. The Hall–Kier alpha value is -2.63. The predicted molar refractivity (Wildman–Crippen MR) is 123 cm³/mol. The zero-order valence-corrected chi connectivity index (χ0v) is 19.2. The minimum atomic E-state index is -0.546. The van der Waals surface area contributed by atoms with Crippen molar-refractivity contribution >= 4 is 11.8 Å². The number of amides is 2. The highest BCUT2D eigenvalue weighted by atomic mass is 16.2. The van der Waals surface area contributed by atoms with Crippen molar-refractivity contribution in [2.45, 2.75) is 57.9 Å². The second-order valence-electron chi connectivity index (χ2n) is 10.3. The van der Waals surface area contributed by atoms with Crippen molar-refractivity contribution in [3.8, 4) is 0 Å². The molecule has 0 unspecified atom stereocenters. The fourth-order valence-electron chi connectivity index (χ4n) is 5.54. The maximum Gasteiger partial charge on any atom is 0.231 e.